The van der Waals surface area contributed by atoms with Crippen LogP contribution in [0.4, 0.5) is 5.69 Å². The van der Waals surface area contributed by atoms with Crippen molar-refractivity contribution in [3.63, 3.8) is 0 Å². The summed E-state index contributed by atoms with van der Waals surface area (Å²) in [6.07, 6.45) is 1.59. The van der Waals surface area contributed by atoms with E-state index in [0.29, 0.717) is 27.8 Å². The fraction of sp³-hybridized carbons (Fsp3) is 0.222. The first-order valence-electron chi connectivity index (χ1n) is 7.78. The van der Waals surface area contributed by atoms with Gasteiger partial charge < -0.3 is 15.2 Å². The Labute approximate surface area is 150 Å². The summed E-state index contributed by atoms with van der Waals surface area (Å²) in [6.45, 7) is 0. The van der Waals surface area contributed by atoms with Gasteiger partial charge in [-0.2, -0.15) is 5.10 Å². The van der Waals surface area contributed by atoms with Crippen molar-refractivity contribution in [2.45, 2.75) is 12.8 Å². The second kappa shape index (κ2) is 7.44. The lowest BCUT2D eigenvalue weighted by Crippen LogP contribution is -1.95. The molecule has 0 bridgehead atoms. The Hall–Kier alpha value is -2.73. The van der Waals surface area contributed by atoms with E-state index in [2.05, 4.69) is 15.2 Å². The molecule has 0 saturated carbocycles. The maximum atomic E-state index is 6.11. The number of aromatic amines is 1. The molecule has 0 amide bonds. The lowest BCUT2D eigenvalue weighted by atomic mass is 10.1. The molecule has 0 radical (unpaired) electrons. The number of hydrogen-bond donors (Lipinski definition) is 2. The number of nitrogens with two attached hydrogens (primary N) is 1. The van der Waals surface area contributed by atoms with Crippen LogP contribution in [0.1, 0.15) is 11.4 Å². The second-order valence-corrected chi connectivity index (χ2v) is 5.93. The lowest BCUT2D eigenvalue weighted by Gasteiger charge is -2.07. The molecule has 0 spiro atoms. The van der Waals surface area contributed by atoms with Crippen LogP contribution in [0.15, 0.2) is 36.4 Å². The van der Waals surface area contributed by atoms with Crippen LogP contribution in [0, 0.1) is 0 Å². The molecule has 0 aliphatic rings. The number of aryl methyl sites for hydroxylation is 2. The molecule has 0 saturated heterocycles. The molecule has 0 fully saturated rings. The minimum absolute atomic E-state index is 0.445. The number of halogens is 1. The van der Waals surface area contributed by atoms with Crippen LogP contribution in [-0.2, 0) is 12.8 Å². The van der Waals surface area contributed by atoms with Gasteiger partial charge in [-0.1, -0.05) is 23.7 Å². The van der Waals surface area contributed by atoms with Gasteiger partial charge in [0.2, 0.25) is 0 Å². The van der Waals surface area contributed by atoms with Crippen LogP contribution in [0.3, 0.4) is 0 Å². The fourth-order valence-electron chi connectivity index (χ4n) is 2.50. The highest BCUT2D eigenvalue weighted by Gasteiger charge is 2.14. The van der Waals surface area contributed by atoms with Gasteiger partial charge in [-0.3, -0.25) is 5.10 Å². The molecular formula is C18H19ClN4O2. The Morgan fingerprint density at radius 1 is 1.08 bits per heavy atom. The van der Waals surface area contributed by atoms with Crippen molar-refractivity contribution in [3.05, 3.63) is 52.8 Å². The van der Waals surface area contributed by atoms with Crippen LogP contribution < -0.4 is 15.2 Å². The monoisotopic (exact) mass is 358 g/mol. The number of benzene rings is 2. The van der Waals surface area contributed by atoms with Crippen molar-refractivity contribution in [1.29, 1.82) is 0 Å². The van der Waals surface area contributed by atoms with Crippen molar-refractivity contribution in [2.75, 3.05) is 20.0 Å². The van der Waals surface area contributed by atoms with E-state index in [1.165, 1.54) is 5.56 Å². The first kappa shape index (κ1) is 17.1. The van der Waals surface area contributed by atoms with Crippen molar-refractivity contribution in [2.24, 2.45) is 0 Å². The van der Waals surface area contributed by atoms with E-state index in [1.807, 2.05) is 24.3 Å². The van der Waals surface area contributed by atoms with Gasteiger partial charge in [0, 0.05) is 12.5 Å². The molecule has 6 nitrogen and oxygen atoms in total. The normalized spacial score (nSPS) is 10.7. The number of nitrogens with zero attached hydrogens (tertiary/aromatic N) is 2. The first-order chi connectivity index (χ1) is 12.1. The summed E-state index contributed by atoms with van der Waals surface area (Å²) in [5, 5.41) is 7.68. The van der Waals surface area contributed by atoms with Gasteiger partial charge in [0.25, 0.3) is 0 Å². The standard InChI is InChI=1S/C18H19ClN4O2/c1-24-12-6-3-11(4-7-12)5-8-17-21-18(23-22-17)13-9-14(19)15(20)10-16(13)25-2/h3-4,6-7,9-10H,5,8,20H2,1-2H3,(H,21,22,23). The van der Waals surface area contributed by atoms with E-state index in [-0.39, 0.29) is 0 Å². The number of nitrogens with one attached hydrogen (secondary N) is 1. The smallest absolute Gasteiger partial charge is 0.184 e. The quantitative estimate of drug-likeness (QED) is 0.658. The molecule has 0 aliphatic heterocycles. The summed E-state index contributed by atoms with van der Waals surface area (Å²) in [4.78, 5) is 4.54. The maximum Gasteiger partial charge on any atom is 0.184 e. The summed E-state index contributed by atoms with van der Waals surface area (Å²) in [6, 6.07) is 11.4. The highest BCUT2D eigenvalue weighted by Crippen LogP contribution is 2.34. The predicted octanol–water partition coefficient (Wildman–Crippen LogP) is 3.51. The summed E-state index contributed by atoms with van der Waals surface area (Å²) in [5.41, 5.74) is 8.17. The van der Waals surface area contributed by atoms with E-state index in [0.717, 1.165) is 24.4 Å². The Morgan fingerprint density at radius 2 is 1.84 bits per heavy atom. The van der Waals surface area contributed by atoms with E-state index >= 15 is 0 Å². The third-order valence-electron chi connectivity index (χ3n) is 3.90. The Kier molecular flexibility index (Phi) is 5.09. The van der Waals surface area contributed by atoms with Gasteiger partial charge in [-0.15, -0.1) is 0 Å². The molecule has 3 rings (SSSR count). The molecule has 3 N–H and O–H groups in total. The van der Waals surface area contributed by atoms with E-state index in [9.17, 15) is 0 Å². The van der Waals surface area contributed by atoms with Gasteiger partial charge in [-0.05, 0) is 30.2 Å². The van der Waals surface area contributed by atoms with Gasteiger partial charge >= 0.3 is 0 Å². The molecule has 0 aliphatic carbocycles. The van der Waals surface area contributed by atoms with E-state index < -0.39 is 0 Å². The molecule has 25 heavy (non-hydrogen) atoms. The van der Waals surface area contributed by atoms with Gasteiger partial charge in [0.05, 0.1) is 30.5 Å². The van der Waals surface area contributed by atoms with Crippen LogP contribution >= 0.6 is 11.6 Å². The number of ether oxygens (including phenoxy) is 2. The highest BCUT2D eigenvalue weighted by molar-refractivity contribution is 6.33. The Morgan fingerprint density at radius 3 is 2.52 bits per heavy atom. The van der Waals surface area contributed by atoms with E-state index in [1.54, 1.807) is 26.4 Å². The minimum Gasteiger partial charge on any atom is -0.497 e. The summed E-state index contributed by atoms with van der Waals surface area (Å²) in [5.74, 6) is 2.75. The second-order valence-electron chi connectivity index (χ2n) is 5.53. The fourth-order valence-corrected chi connectivity index (χ4v) is 2.66. The van der Waals surface area contributed by atoms with E-state index in [4.69, 9.17) is 26.8 Å². The molecule has 1 aromatic heterocycles. The molecule has 0 unspecified atom stereocenters. The SMILES string of the molecule is COc1ccc(CCc2nc(-c3cc(Cl)c(N)cc3OC)n[nH]2)cc1. The molecular weight excluding hydrogens is 340 g/mol. The summed E-state index contributed by atoms with van der Waals surface area (Å²) < 4.78 is 10.5. The molecule has 0 atom stereocenters. The average Bonchev–Trinajstić information content (AvgIpc) is 3.11. The van der Waals surface area contributed by atoms with Crippen LogP contribution in [0.5, 0.6) is 11.5 Å². The third-order valence-corrected chi connectivity index (χ3v) is 4.23. The average molecular weight is 359 g/mol. The Bertz CT molecular complexity index is 862. The number of H-pyrrole nitrogens is 1. The van der Waals surface area contributed by atoms with Crippen LogP contribution in [0.2, 0.25) is 5.02 Å². The zero-order valence-corrected chi connectivity index (χ0v) is 14.8. The zero-order chi connectivity index (χ0) is 17.8. The molecule has 2 aromatic carbocycles. The van der Waals surface area contributed by atoms with Crippen molar-refractivity contribution in [3.8, 4) is 22.9 Å². The van der Waals surface area contributed by atoms with Crippen molar-refractivity contribution < 1.29 is 9.47 Å². The summed E-state index contributed by atoms with van der Waals surface area (Å²) in [7, 11) is 3.23. The van der Waals surface area contributed by atoms with Gasteiger partial charge in [0.1, 0.15) is 17.3 Å². The molecule has 7 heteroatoms. The van der Waals surface area contributed by atoms with Crippen molar-refractivity contribution in [1.82, 2.24) is 15.2 Å². The number of aromatic nitrogens is 3. The molecule has 1 heterocycles. The third kappa shape index (κ3) is 3.85. The number of anilines is 1. The number of methoxy groups -OCH3 is 2. The highest BCUT2D eigenvalue weighted by atomic mass is 35.5. The summed E-state index contributed by atoms with van der Waals surface area (Å²) >= 11 is 6.11. The van der Waals surface area contributed by atoms with Crippen LogP contribution in [-0.4, -0.2) is 29.4 Å². The molecule has 130 valence electrons. The van der Waals surface area contributed by atoms with Gasteiger partial charge in [0.15, 0.2) is 5.82 Å². The maximum absolute atomic E-state index is 6.11. The number of rotatable bonds is 6. The topological polar surface area (TPSA) is 86.1 Å². The largest absolute Gasteiger partial charge is 0.497 e. The van der Waals surface area contributed by atoms with Crippen molar-refractivity contribution >= 4 is 17.3 Å². The zero-order valence-electron chi connectivity index (χ0n) is 14.0. The molecule has 3 aromatic rings. The number of hydrogen-bond acceptors (Lipinski definition) is 5. The number of nitrogen functional groups attached to an aromatic ring is 1. The Balaban J connectivity index is 1.75. The lowest BCUT2D eigenvalue weighted by molar-refractivity contribution is 0.414. The predicted molar refractivity (Wildman–Crippen MR) is 98.2 cm³/mol. The minimum atomic E-state index is 0.445. The first-order valence-corrected chi connectivity index (χ1v) is 8.16. The van der Waals surface area contributed by atoms with Gasteiger partial charge in [-0.25, -0.2) is 4.98 Å². The van der Waals surface area contributed by atoms with Crippen LogP contribution in [0.25, 0.3) is 11.4 Å².